The van der Waals surface area contributed by atoms with E-state index in [0.29, 0.717) is 18.0 Å². The van der Waals surface area contributed by atoms with Gasteiger partial charge in [-0.25, -0.2) is 0 Å². The van der Waals surface area contributed by atoms with Crippen LogP contribution in [0.4, 0.5) is 0 Å². The van der Waals surface area contributed by atoms with Gasteiger partial charge < -0.3 is 10.4 Å². The molecule has 0 saturated heterocycles. The number of hydrogen-bond donors (Lipinski definition) is 2. The summed E-state index contributed by atoms with van der Waals surface area (Å²) in [5.41, 5.74) is -0.477. The number of aliphatic hydroxyl groups is 1. The summed E-state index contributed by atoms with van der Waals surface area (Å²) in [6.45, 7) is 8.14. The Hall–Kier alpha value is -0.0800. The van der Waals surface area contributed by atoms with Gasteiger partial charge in [0.15, 0.2) is 0 Å². The van der Waals surface area contributed by atoms with Crippen LogP contribution in [0.1, 0.15) is 40.5 Å². The van der Waals surface area contributed by atoms with Crippen molar-refractivity contribution in [1.82, 2.24) is 5.32 Å². The lowest BCUT2D eigenvalue weighted by molar-refractivity contribution is -0.0331. The number of nitrogens with one attached hydrogen (secondary N) is 1. The Morgan fingerprint density at radius 1 is 1.33 bits per heavy atom. The molecule has 0 aromatic carbocycles. The van der Waals surface area contributed by atoms with Crippen molar-refractivity contribution >= 4 is 0 Å². The average molecular weight is 171 g/mol. The van der Waals surface area contributed by atoms with E-state index in [-0.39, 0.29) is 0 Å². The summed E-state index contributed by atoms with van der Waals surface area (Å²) in [5, 5.41) is 13.1. The summed E-state index contributed by atoms with van der Waals surface area (Å²) >= 11 is 0. The highest BCUT2D eigenvalue weighted by molar-refractivity contribution is 4.93. The second-order valence-corrected chi connectivity index (χ2v) is 4.84. The summed E-state index contributed by atoms with van der Waals surface area (Å²) in [7, 11) is 0. The molecule has 0 bridgehead atoms. The molecule has 72 valence electrons. The van der Waals surface area contributed by atoms with Gasteiger partial charge in [0.1, 0.15) is 0 Å². The predicted octanol–water partition coefficient (Wildman–Crippen LogP) is 1.53. The molecule has 0 unspecified atom stereocenters. The zero-order valence-electron chi connectivity index (χ0n) is 8.59. The Kier molecular flexibility index (Phi) is 2.79. The van der Waals surface area contributed by atoms with Crippen LogP contribution in [-0.2, 0) is 0 Å². The summed E-state index contributed by atoms with van der Waals surface area (Å²) in [5.74, 6) is 0.494. The van der Waals surface area contributed by atoms with Crippen LogP contribution >= 0.6 is 0 Å². The SMILES string of the molecule is CC(C)N[C@H]1C[C@H](C(C)(C)O)C1. The Morgan fingerprint density at radius 2 is 1.83 bits per heavy atom. The molecule has 0 spiro atoms. The van der Waals surface area contributed by atoms with Crippen LogP contribution in [0.5, 0.6) is 0 Å². The second-order valence-electron chi connectivity index (χ2n) is 4.84. The van der Waals surface area contributed by atoms with E-state index in [9.17, 15) is 5.11 Å². The monoisotopic (exact) mass is 171 g/mol. The first kappa shape index (κ1) is 10.0. The molecule has 0 heterocycles. The third-order valence-corrected chi connectivity index (χ3v) is 2.71. The first-order chi connectivity index (χ1) is 5.39. The van der Waals surface area contributed by atoms with Gasteiger partial charge in [-0.05, 0) is 32.6 Å². The Bertz CT molecular complexity index is 142. The van der Waals surface area contributed by atoms with E-state index >= 15 is 0 Å². The van der Waals surface area contributed by atoms with Gasteiger partial charge in [-0.1, -0.05) is 13.8 Å². The fourth-order valence-corrected chi connectivity index (χ4v) is 1.80. The minimum absolute atomic E-state index is 0.477. The van der Waals surface area contributed by atoms with Crippen molar-refractivity contribution in [2.75, 3.05) is 0 Å². The van der Waals surface area contributed by atoms with Crippen molar-refractivity contribution in [3.05, 3.63) is 0 Å². The standard InChI is InChI=1S/C10H21NO/c1-7(2)11-9-5-8(6-9)10(3,4)12/h7-9,11-12H,5-6H2,1-4H3/t8-,9-. The van der Waals surface area contributed by atoms with Crippen LogP contribution in [0.2, 0.25) is 0 Å². The van der Waals surface area contributed by atoms with Gasteiger partial charge in [-0.15, -0.1) is 0 Å². The lowest BCUT2D eigenvalue weighted by Crippen LogP contribution is -2.51. The normalized spacial score (nSPS) is 30.5. The highest BCUT2D eigenvalue weighted by Crippen LogP contribution is 2.36. The largest absolute Gasteiger partial charge is 0.390 e. The lowest BCUT2D eigenvalue weighted by atomic mass is 9.71. The molecular formula is C10H21NO. The van der Waals surface area contributed by atoms with E-state index in [1.807, 2.05) is 13.8 Å². The van der Waals surface area contributed by atoms with Gasteiger partial charge in [-0.2, -0.15) is 0 Å². The fourth-order valence-electron chi connectivity index (χ4n) is 1.80. The summed E-state index contributed by atoms with van der Waals surface area (Å²) < 4.78 is 0. The third kappa shape index (κ3) is 2.46. The molecule has 2 nitrogen and oxygen atoms in total. The number of hydrogen-bond acceptors (Lipinski definition) is 2. The van der Waals surface area contributed by atoms with Crippen LogP contribution < -0.4 is 5.32 Å². The van der Waals surface area contributed by atoms with Gasteiger partial charge in [0.25, 0.3) is 0 Å². The molecule has 0 amide bonds. The quantitative estimate of drug-likeness (QED) is 0.675. The van der Waals surface area contributed by atoms with Crippen molar-refractivity contribution in [2.45, 2.75) is 58.2 Å². The van der Waals surface area contributed by atoms with E-state index in [2.05, 4.69) is 19.2 Å². The van der Waals surface area contributed by atoms with E-state index in [1.165, 1.54) is 0 Å². The molecule has 2 N–H and O–H groups in total. The molecule has 1 aliphatic rings. The van der Waals surface area contributed by atoms with Crippen LogP contribution in [0.3, 0.4) is 0 Å². The van der Waals surface area contributed by atoms with Crippen molar-refractivity contribution in [2.24, 2.45) is 5.92 Å². The average Bonchev–Trinajstić information content (AvgIpc) is 1.73. The van der Waals surface area contributed by atoms with E-state index < -0.39 is 5.60 Å². The highest BCUT2D eigenvalue weighted by atomic mass is 16.3. The Morgan fingerprint density at radius 3 is 2.17 bits per heavy atom. The van der Waals surface area contributed by atoms with E-state index in [0.717, 1.165) is 12.8 Å². The molecule has 2 heteroatoms. The van der Waals surface area contributed by atoms with Crippen molar-refractivity contribution in [1.29, 1.82) is 0 Å². The Labute approximate surface area is 75.4 Å². The van der Waals surface area contributed by atoms with Crippen molar-refractivity contribution in [3.63, 3.8) is 0 Å². The van der Waals surface area contributed by atoms with Crippen LogP contribution in [0.15, 0.2) is 0 Å². The molecule has 1 fully saturated rings. The Balaban J connectivity index is 2.20. The van der Waals surface area contributed by atoms with Gasteiger partial charge >= 0.3 is 0 Å². The maximum absolute atomic E-state index is 9.66. The summed E-state index contributed by atoms with van der Waals surface area (Å²) in [6, 6.07) is 1.21. The van der Waals surface area contributed by atoms with Gasteiger partial charge in [0, 0.05) is 12.1 Å². The molecule has 1 aliphatic carbocycles. The van der Waals surface area contributed by atoms with Crippen molar-refractivity contribution in [3.8, 4) is 0 Å². The lowest BCUT2D eigenvalue weighted by Gasteiger charge is -2.43. The van der Waals surface area contributed by atoms with Gasteiger partial charge in [0.05, 0.1) is 5.60 Å². The minimum Gasteiger partial charge on any atom is -0.390 e. The fraction of sp³-hybridized carbons (Fsp3) is 1.00. The van der Waals surface area contributed by atoms with Crippen LogP contribution in [0, 0.1) is 5.92 Å². The smallest absolute Gasteiger partial charge is 0.0620 e. The van der Waals surface area contributed by atoms with E-state index in [4.69, 9.17) is 0 Å². The third-order valence-electron chi connectivity index (χ3n) is 2.71. The first-order valence-electron chi connectivity index (χ1n) is 4.88. The topological polar surface area (TPSA) is 32.3 Å². The zero-order chi connectivity index (χ0) is 9.35. The van der Waals surface area contributed by atoms with E-state index in [1.54, 1.807) is 0 Å². The van der Waals surface area contributed by atoms with Gasteiger partial charge in [-0.3, -0.25) is 0 Å². The van der Waals surface area contributed by atoms with Crippen molar-refractivity contribution < 1.29 is 5.11 Å². The molecule has 1 rings (SSSR count). The molecule has 0 aromatic rings. The molecule has 12 heavy (non-hydrogen) atoms. The minimum atomic E-state index is -0.477. The van der Waals surface area contributed by atoms with Crippen LogP contribution in [0.25, 0.3) is 0 Å². The molecular weight excluding hydrogens is 150 g/mol. The highest BCUT2D eigenvalue weighted by Gasteiger charge is 2.38. The molecule has 0 atom stereocenters. The number of rotatable bonds is 3. The summed E-state index contributed by atoms with van der Waals surface area (Å²) in [4.78, 5) is 0. The maximum atomic E-state index is 9.66. The maximum Gasteiger partial charge on any atom is 0.0620 e. The molecule has 1 saturated carbocycles. The van der Waals surface area contributed by atoms with Crippen LogP contribution in [-0.4, -0.2) is 22.8 Å². The predicted molar refractivity (Wildman–Crippen MR) is 51.1 cm³/mol. The molecule has 0 aliphatic heterocycles. The molecule has 0 radical (unpaired) electrons. The van der Waals surface area contributed by atoms with Gasteiger partial charge in [0.2, 0.25) is 0 Å². The molecule has 0 aromatic heterocycles. The summed E-state index contributed by atoms with van der Waals surface area (Å²) in [6.07, 6.45) is 2.25. The second kappa shape index (κ2) is 3.35. The zero-order valence-corrected chi connectivity index (χ0v) is 8.59. The first-order valence-corrected chi connectivity index (χ1v) is 4.88.